The molecule has 0 bridgehead atoms. The van der Waals surface area contributed by atoms with Gasteiger partial charge in [0.25, 0.3) is 5.95 Å². The molecular weight excluding hydrogens is 244 g/mol. The fraction of sp³-hybridized carbons (Fsp3) is 0.846. The van der Waals surface area contributed by atoms with Gasteiger partial charge in [0.1, 0.15) is 0 Å². The molecule has 1 aliphatic heterocycles. The predicted molar refractivity (Wildman–Crippen MR) is 73.2 cm³/mol. The van der Waals surface area contributed by atoms with Crippen molar-refractivity contribution in [2.24, 2.45) is 5.41 Å². The van der Waals surface area contributed by atoms with Crippen LogP contribution in [0.25, 0.3) is 0 Å². The Labute approximate surface area is 114 Å². The highest BCUT2D eigenvalue weighted by molar-refractivity contribution is 5.28. The molecule has 0 aromatic carbocycles. The van der Waals surface area contributed by atoms with E-state index in [0.717, 1.165) is 26.2 Å². The van der Waals surface area contributed by atoms with Gasteiger partial charge >= 0.3 is 0 Å². The summed E-state index contributed by atoms with van der Waals surface area (Å²) in [6.45, 7) is 9.83. The van der Waals surface area contributed by atoms with E-state index in [1.54, 1.807) is 0 Å². The van der Waals surface area contributed by atoms with Gasteiger partial charge in [0.2, 0.25) is 5.89 Å². The van der Waals surface area contributed by atoms with Crippen molar-refractivity contribution >= 4 is 5.95 Å². The molecule has 1 aliphatic rings. The molecule has 0 radical (unpaired) electrons. The maximum atomic E-state index is 10.0. The third kappa shape index (κ3) is 3.67. The lowest BCUT2D eigenvalue weighted by Crippen LogP contribution is -2.44. The largest absolute Gasteiger partial charge is 0.392 e. The predicted octanol–water partition coefficient (Wildman–Crippen LogP) is 0.771. The Morgan fingerprint density at radius 3 is 2.47 bits per heavy atom. The summed E-state index contributed by atoms with van der Waals surface area (Å²) < 4.78 is 5.23. The molecule has 19 heavy (non-hydrogen) atoms. The summed E-state index contributed by atoms with van der Waals surface area (Å²) in [5, 5.41) is 14.1. The number of rotatable bonds is 3. The standard InChI is InChI=1S/C13H24N4O2/c1-13(2,3)10(18)9-11-14-12(15-19-11)17-7-5-16(4)6-8-17/h10,18H,5-9H2,1-4H3. The van der Waals surface area contributed by atoms with E-state index in [0.29, 0.717) is 18.3 Å². The minimum Gasteiger partial charge on any atom is -0.392 e. The lowest BCUT2D eigenvalue weighted by molar-refractivity contribution is 0.0565. The van der Waals surface area contributed by atoms with Crippen molar-refractivity contribution in [3.05, 3.63) is 5.89 Å². The van der Waals surface area contributed by atoms with Gasteiger partial charge in [-0.15, -0.1) is 0 Å². The Morgan fingerprint density at radius 2 is 1.89 bits per heavy atom. The number of aliphatic hydroxyl groups excluding tert-OH is 1. The second-order valence-corrected chi connectivity index (χ2v) is 6.36. The lowest BCUT2D eigenvalue weighted by atomic mass is 9.87. The van der Waals surface area contributed by atoms with Crippen molar-refractivity contribution in [3.63, 3.8) is 0 Å². The van der Waals surface area contributed by atoms with Gasteiger partial charge in [-0.3, -0.25) is 0 Å². The van der Waals surface area contributed by atoms with Gasteiger partial charge in [-0.05, 0) is 17.6 Å². The molecule has 0 spiro atoms. The summed E-state index contributed by atoms with van der Waals surface area (Å²) >= 11 is 0. The van der Waals surface area contributed by atoms with Crippen LogP contribution in [0.15, 0.2) is 4.52 Å². The molecule has 1 saturated heterocycles. The first kappa shape index (κ1) is 14.3. The molecule has 1 aromatic rings. The molecule has 0 aliphatic carbocycles. The Morgan fingerprint density at radius 1 is 1.26 bits per heavy atom. The van der Waals surface area contributed by atoms with E-state index in [-0.39, 0.29) is 5.41 Å². The molecular formula is C13H24N4O2. The zero-order valence-electron chi connectivity index (χ0n) is 12.3. The van der Waals surface area contributed by atoms with Crippen molar-refractivity contribution in [3.8, 4) is 0 Å². The average molecular weight is 268 g/mol. The Bertz CT molecular complexity index is 405. The number of aromatic nitrogens is 2. The Balaban J connectivity index is 1.95. The average Bonchev–Trinajstić information content (AvgIpc) is 2.77. The summed E-state index contributed by atoms with van der Waals surface area (Å²) in [6.07, 6.45) is -0.0714. The minimum absolute atomic E-state index is 0.178. The van der Waals surface area contributed by atoms with Crippen LogP contribution in [0.1, 0.15) is 26.7 Å². The van der Waals surface area contributed by atoms with Crippen molar-refractivity contribution in [1.29, 1.82) is 0 Å². The topological polar surface area (TPSA) is 65.6 Å². The molecule has 2 heterocycles. The molecule has 6 heteroatoms. The van der Waals surface area contributed by atoms with Gasteiger partial charge in [-0.2, -0.15) is 4.98 Å². The normalized spacial score (nSPS) is 19.7. The van der Waals surface area contributed by atoms with Crippen LogP contribution in [0.3, 0.4) is 0 Å². The van der Waals surface area contributed by atoms with Crippen LogP contribution >= 0.6 is 0 Å². The second-order valence-electron chi connectivity index (χ2n) is 6.36. The molecule has 1 fully saturated rings. The molecule has 108 valence electrons. The van der Waals surface area contributed by atoms with E-state index in [1.807, 2.05) is 20.8 Å². The Kier molecular flexibility index (Phi) is 4.10. The highest BCUT2D eigenvalue weighted by atomic mass is 16.5. The first-order valence-corrected chi connectivity index (χ1v) is 6.80. The van der Waals surface area contributed by atoms with Crippen molar-refractivity contribution in [1.82, 2.24) is 15.0 Å². The maximum absolute atomic E-state index is 10.0. The molecule has 1 aromatic heterocycles. The number of hydrogen-bond donors (Lipinski definition) is 1. The fourth-order valence-electron chi connectivity index (χ4n) is 1.94. The molecule has 0 amide bonds. The van der Waals surface area contributed by atoms with Gasteiger partial charge in [0, 0.05) is 26.2 Å². The molecule has 1 unspecified atom stereocenters. The van der Waals surface area contributed by atoms with Crippen LogP contribution in [0, 0.1) is 5.41 Å². The smallest absolute Gasteiger partial charge is 0.266 e. The summed E-state index contributed by atoms with van der Waals surface area (Å²) in [6, 6.07) is 0. The number of anilines is 1. The summed E-state index contributed by atoms with van der Waals surface area (Å²) in [5.74, 6) is 1.15. The van der Waals surface area contributed by atoms with E-state index in [1.165, 1.54) is 0 Å². The quantitative estimate of drug-likeness (QED) is 0.873. The first-order valence-electron chi connectivity index (χ1n) is 6.80. The van der Waals surface area contributed by atoms with Crippen LogP contribution < -0.4 is 4.90 Å². The van der Waals surface area contributed by atoms with E-state index in [9.17, 15) is 5.11 Å². The summed E-state index contributed by atoms with van der Waals surface area (Å²) in [4.78, 5) is 8.78. The van der Waals surface area contributed by atoms with E-state index in [4.69, 9.17) is 4.52 Å². The van der Waals surface area contributed by atoms with Crippen molar-refractivity contribution in [2.75, 3.05) is 38.1 Å². The van der Waals surface area contributed by atoms with Crippen LogP contribution in [-0.2, 0) is 6.42 Å². The number of likely N-dealkylation sites (N-methyl/N-ethyl adjacent to an activating group) is 1. The van der Waals surface area contributed by atoms with Gasteiger partial charge < -0.3 is 19.4 Å². The SMILES string of the molecule is CN1CCN(c2noc(CC(O)C(C)(C)C)n2)CC1. The fourth-order valence-corrected chi connectivity index (χ4v) is 1.94. The third-order valence-corrected chi connectivity index (χ3v) is 3.61. The molecule has 0 saturated carbocycles. The zero-order valence-corrected chi connectivity index (χ0v) is 12.3. The molecule has 6 nitrogen and oxygen atoms in total. The number of aliphatic hydroxyl groups is 1. The van der Waals surface area contributed by atoms with E-state index < -0.39 is 6.10 Å². The van der Waals surface area contributed by atoms with E-state index >= 15 is 0 Å². The molecule has 2 rings (SSSR count). The van der Waals surface area contributed by atoms with Crippen LogP contribution in [0.4, 0.5) is 5.95 Å². The highest BCUT2D eigenvalue weighted by Crippen LogP contribution is 2.22. The third-order valence-electron chi connectivity index (χ3n) is 3.61. The zero-order chi connectivity index (χ0) is 14.0. The van der Waals surface area contributed by atoms with Crippen LogP contribution in [0.5, 0.6) is 0 Å². The minimum atomic E-state index is -0.478. The number of hydrogen-bond acceptors (Lipinski definition) is 6. The van der Waals surface area contributed by atoms with Gasteiger partial charge in [-0.1, -0.05) is 20.8 Å². The Hall–Kier alpha value is -1.14. The number of piperazine rings is 1. The summed E-state index contributed by atoms with van der Waals surface area (Å²) in [5.41, 5.74) is -0.178. The summed E-state index contributed by atoms with van der Waals surface area (Å²) in [7, 11) is 2.11. The highest BCUT2D eigenvalue weighted by Gasteiger charge is 2.26. The lowest BCUT2D eigenvalue weighted by Gasteiger charge is -2.31. The first-order chi connectivity index (χ1) is 8.86. The molecule has 1 atom stereocenters. The van der Waals surface area contributed by atoms with Crippen molar-refractivity contribution < 1.29 is 9.63 Å². The number of nitrogens with zero attached hydrogens (tertiary/aromatic N) is 4. The monoisotopic (exact) mass is 268 g/mol. The van der Waals surface area contributed by atoms with Crippen LogP contribution in [-0.4, -0.2) is 59.5 Å². The second kappa shape index (κ2) is 5.46. The maximum Gasteiger partial charge on any atom is 0.266 e. The molecule has 1 N–H and O–H groups in total. The van der Waals surface area contributed by atoms with E-state index in [2.05, 4.69) is 27.0 Å². The van der Waals surface area contributed by atoms with Gasteiger partial charge in [-0.25, -0.2) is 0 Å². The van der Waals surface area contributed by atoms with Crippen LogP contribution in [0.2, 0.25) is 0 Å². The van der Waals surface area contributed by atoms with Crippen molar-refractivity contribution in [2.45, 2.75) is 33.3 Å². The van der Waals surface area contributed by atoms with Gasteiger partial charge in [0.05, 0.1) is 12.5 Å². The van der Waals surface area contributed by atoms with Gasteiger partial charge in [0.15, 0.2) is 0 Å².